The number of ether oxygens (including phenoxy) is 13. The van der Waals surface area contributed by atoms with Gasteiger partial charge in [-0.25, -0.2) is 0 Å². The first-order chi connectivity index (χ1) is 47.1. The predicted octanol–water partition coefficient (Wildman–Crippen LogP) is -6.13. The van der Waals surface area contributed by atoms with Crippen molar-refractivity contribution >= 4 is 29.5 Å². The minimum Gasteiger partial charge on any atom is -0.494 e. The summed E-state index contributed by atoms with van der Waals surface area (Å²) in [5.41, 5.74) is 0.0496. The Morgan fingerprint density at radius 3 is 1.53 bits per heavy atom. The molecule has 5 aliphatic heterocycles. The fraction of sp³-hybridized carbons (Fsp3) is 0.794. The van der Waals surface area contributed by atoms with E-state index in [1.807, 2.05) is 5.32 Å². The minimum atomic E-state index is -2.18. The Bertz CT molecular complexity index is 2680. The normalized spacial score (nSPS) is 36.2. The zero-order chi connectivity index (χ0) is 72.9. The molecule has 29 atom stereocenters. The van der Waals surface area contributed by atoms with Gasteiger partial charge in [0.1, 0.15) is 128 Å². The molecule has 5 fully saturated rings. The molecule has 0 radical (unpaired) electrons. The molecule has 0 saturated carbocycles. The summed E-state index contributed by atoms with van der Waals surface area (Å²) >= 11 is 0. The van der Waals surface area contributed by atoms with Crippen molar-refractivity contribution in [2.24, 2.45) is 0 Å². The van der Waals surface area contributed by atoms with Crippen molar-refractivity contribution < 1.29 is 152 Å². The highest BCUT2D eigenvalue weighted by atomic mass is 16.8. The molecule has 0 spiro atoms. The first kappa shape index (κ1) is 83.1. The summed E-state index contributed by atoms with van der Waals surface area (Å²) in [7, 11) is 1.21. The monoisotopic (exact) mass is 1430 g/mol. The Labute approximate surface area is 572 Å². The molecule has 0 bridgehead atoms. The van der Waals surface area contributed by atoms with E-state index in [1.54, 1.807) is 12.1 Å². The molecule has 36 nitrogen and oxygen atoms in total. The van der Waals surface area contributed by atoms with Crippen molar-refractivity contribution in [3.63, 3.8) is 0 Å². The Morgan fingerprint density at radius 2 is 1.04 bits per heavy atom. The number of benzene rings is 1. The third-order valence-corrected chi connectivity index (χ3v) is 17.3. The van der Waals surface area contributed by atoms with E-state index in [9.17, 15) is 90.4 Å². The highest BCUT2D eigenvalue weighted by Gasteiger charge is 2.57. The molecule has 0 aromatic heterocycles. The molecule has 99 heavy (non-hydrogen) atoms. The maximum atomic E-state index is 13.9. The van der Waals surface area contributed by atoms with E-state index in [4.69, 9.17) is 61.6 Å². The van der Waals surface area contributed by atoms with Crippen LogP contribution in [0, 0.1) is 0 Å². The van der Waals surface area contributed by atoms with Crippen molar-refractivity contribution in [3.05, 3.63) is 42.0 Å². The van der Waals surface area contributed by atoms with E-state index < -0.39 is 241 Å². The van der Waals surface area contributed by atoms with E-state index in [2.05, 4.69) is 40.3 Å². The van der Waals surface area contributed by atoms with Crippen LogP contribution in [0.2, 0.25) is 0 Å². The topological polar surface area (TPSA) is 528 Å². The van der Waals surface area contributed by atoms with E-state index >= 15 is 0 Å². The number of nitrogens with one attached hydrogen (secondary N) is 5. The summed E-state index contributed by atoms with van der Waals surface area (Å²) in [4.78, 5) is 64.5. The summed E-state index contributed by atoms with van der Waals surface area (Å²) in [5.74, 6) is -3.66. The molecule has 36 heteroatoms. The van der Waals surface area contributed by atoms with Gasteiger partial charge in [0, 0.05) is 40.4 Å². The average molecular weight is 1430 g/mol. The van der Waals surface area contributed by atoms with Crippen LogP contribution in [0.5, 0.6) is 5.75 Å². The summed E-state index contributed by atoms with van der Waals surface area (Å²) in [6.07, 6.45) is -31.6. The maximum Gasteiger partial charge on any atom is 0.251 e. The molecule has 6 rings (SSSR count). The number of unbranched alkanes of at least 4 members (excludes halogenated alkanes) is 5. The van der Waals surface area contributed by atoms with E-state index in [0.717, 1.165) is 53.4 Å². The second-order valence-electron chi connectivity index (χ2n) is 25.0. The number of aliphatic hydroxyl groups is 13. The molecule has 5 aliphatic rings. The van der Waals surface area contributed by atoms with Gasteiger partial charge in [0.2, 0.25) is 29.9 Å². The highest BCUT2D eigenvalue weighted by Crippen LogP contribution is 2.36. The van der Waals surface area contributed by atoms with Crippen LogP contribution in [0.25, 0.3) is 0 Å². The summed E-state index contributed by atoms with van der Waals surface area (Å²) < 4.78 is 77.7. The zero-order valence-corrected chi connectivity index (χ0v) is 56.6. The number of allylic oxidation sites excluding steroid dienone is 2. The molecular formula is C63H103N5O31. The largest absolute Gasteiger partial charge is 0.494 e. The number of hydrogen-bond donors (Lipinski definition) is 18. The third-order valence-electron chi connectivity index (χ3n) is 17.3. The first-order valence-corrected chi connectivity index (χ1v) is 33.1. The second-order valence-corrected chi connectivity index (χ2v) is 25.0. The van der Waals surface area contributed by atoms with Gasteiger partial charge in [-0.15, -0.1) is 0 Å². The lowest BCUT2D eigenvalue weighted by molar-refractivity contribution is -0.364. The lowest BCUT2D eigenvalue weighted by Gasteiger charge is -2.51. The number of amides is 5. The highest BCUT2D eigenvalue weighted by molar-refractivity contribution is 5.94. The van der Waals surface area contributed by atoms with Crippen molar-refractivity contribution in [1.29, 1.82) is 0 Å². The number of carbonyl (C=O) groups is 5. The molecule has 1 aromatic carbocycles. The molecule has 1 aromatic rings. The summed E-state index contributed by atoms with van der Waals surface area (Å²) in [6, 6.07) is -0.739. The van der Waals surface area contributed by atoms with Crippen LogP contribution >= 0.6 is 0 Å². The van der Waals surface area contributed by atoms with Crippen molar-refractivity contribution in [2.75, 3.05) is 46.8 Å². The fourth-order valence-corrected chi connectivity index (χ4v) is 12.0. The lowest BCUT2D eigenvalue weighted by atomic mass is 9.93. The quantitative estimate of drug-likeness (QED) is 0.0169. The van der Waals surface area contributed by atoms with Crippen LogP contribution in [0.15, 0.2) is 36.4 Å². The molecular weight excluding hydrogens is 1320 g/mol. The molecule has 18 N–H and O–H groups in total. The molecule has 5 heterocycles. The van der Waals surface area contributed by atoms with Crippen molar-refractivity contribution in [2.45, 2.75) is 271 Å². The average Bonchev–Trinajstić information content (AvgIpc) is 0.772. The van der Waals surface area contributed by atoms with Gasteiger partial charge in [-0.3, -0.25) is 24.0 Å². The Morgan fingerprint density at radius 1 is 0.556 bits per heavy atom. The van der Waals surface area contributed by atoms with Gasteiger partial charge in [-0.1, -0.05) is 44.4 Å². The number of carbonyl (C=O) groups excluding carboxylic acids is 5. The zero-order valence-electron chi connectivity index (χ0n) is 56.6. The van der Waals surface area contributed by atoms with Gasteiger partial charge in [0.15, 0.2) is 37.7 Å². The van der Waals surface area contributed by atoms with Crippen molar-refractivity contribution in [1.82, 2.24) is 26.6 Å². The number of rotatable bonds is 36. The second kappa shape index (κ2) is 40.2. The smallest absolute Gasteiger partial charge is 0.251 e. The van der Waals surface area contributed by atoms with Crippen LogP contribution in [-0.4, -0.2) is 321 Å². The van der Waals surface area contributed by atoms with Gasteiger partial charge in [-0.05, 0) is 57.7 Å². The van der Waals surface area contributed by atoms with Gasteiger partial charge < -0.3 is 155 Å². The third kappa shape index (κ3) is 22.8. The maximum absolute atomic E-state index is 13.9. The van der Waals surface area contributed by atoms with Crippen molar-refractivity contribution in [3.8, 4) is 5.75 Å². The van der Waals surface area contributed by atoms with Gasteiger partial charge >= 0.3 is 0 Å². The predicted molar refractivity (Wildman–Crippen MR) is 335 cm³/mol. The molecule has 5 saturated heterocycles. The number of aliphatic hydroxyl groups excluding tert-OH is 13. The van der Waals surface area contributed by atoms with E-state index in [-0.39, 0.29) is 5.56 Å². The summed E-state index contributed by atoms with van der Waals surface area (Å²) in [5, 5.41) is 157. The fourth-order valence-electron chi connectivity index (χ4n) is 12.0. The minimum absolute atomic E-state index is 0.0496. The van der Waals surface area contributed by atoms with Gasteiger partial charge in [-0.2, -0.15) is 0 Å². The Balaban J connectivity index is 1.19. The van der Waals surface area contributed by atoms with Crippen LogP contribution in [0.3, 0.4) is 0 Å². The first-order valence-electron chi connectivity index (χ1n) is 33.1. The van der Waals surface area contributed by atoms with Crippen LogP contribution < -0.4 is 31.3 Å². The SMILES string of the molecule is CCCCCC/C=C\CCCOc1cccc(C(=O)NC2[C@H](O[C@H]3C(O)C(NC(C)=O)[C@H](OC4C(CO)O[C@@H](O[C@H]5C(O)C(NC(C)=O)C(OC(C)C(CO[C@@H]6OC(C)C(O)[C@H](O)[C@H]6OC)OC(O)C(O)NC(C)=O)O[C@H]5CO)[C@@H](NC(C)=O)[C@H]4O)O[C@H]3CO)OC(CO)[C@@H](O)[C@@H]2O)c1. The van der Waals surface area contributed by atoms with Crippen LogP contribution in [-0.2, 0) is 76.0 Å². The standard InChI is InChI=1S/C63H103N5O31/c1-9-10-11-12-13-14-15-16-17-21-88-35-20-18-19-34(22-35)56(84)68-41-47(79)46(78)36(23-69)93-60(41)97-53-38(25-71)95-62(43(49(53)81)65-31(5)74)99-54-39(26-72)96-61(44(50(54)82)66-32(6)75)98-52-37(24-70)94-59(42(48(52)80)64-30(4)73)90-28(2)40(92-58(86)57(85)67-33(7)76)27-89-63-55(87-8)51(83)45(77)29(3)91-63/h14-15,18-20,22,28-29,36-55,57-63,69-72,77-83,85-86H,9-13,16-17,21,23-27H2,1-8H3,(H,64,73)(H,65,74)(H,66,75)(H,67,76)(H,68,84)/b15-14-/t28?,29?,36?,37-,38-,39?,40?,41?,42?,43?,44-,45?,46+,47+,48?,49?,50+,51-,52+,53+,54?,55+,57?,58?,59?,60-,61-,62-,63+/m0/s1. The van der Waals surface area contributed by atoms with Crippen LogP contribution in [0.4, 0.5) is 0 Å². The number of hydrogen-bond acceptors (Lipinski definition) is 31. The Kier molecular flexibility index (Phi) is 33.8. The number of methoxy groups -OCH3 is 1. The molecule has 15 unspecified atom stereocenters. The van der Waals surface area contributed by atoms with E-state index in [1.165, 1.54) is 45.9 Å². The summed E-state index contributed by atoms with van der Waals surface area (Å²) in [6.45, 7) is 4.92. The Hall–Kier alpha value is -4.89. The lowest BCUT2D eigenvalue weighted by Crippen LogP contribution is -2.72. The molecule has 0 aliphatic carbocycles. The van der Waals surface area contributed by atoms with E-state index in [0.29, 0.717) is 18.8 Å². The molecule has 5 amide bonds. The van der Waals surface area contributed by atoms with Gasteiger partial charge in [0.05, 0.1) is 51.8 Å². The van der Waals surface area contributed by atoms with Gasteiger partial charge in [0.25, 0.3) is 5.91 Å². The molecule has 566 valence electrons. The van der Waals surface area contributed by atoms with Crippen LogP contribution in [0.1, 0.15) is 104 Å².